The second-order valence-corrected chi connectivity index (χ2v) is 7.92. The zero-order valence-corrected chi connectivity index (χ0v) is 17.5. The quantitative estimate of drug-likeness (QED) is 0.448. The molecule has 2 rings (SSSR count). The van der Waals surface area contributed by atoms with Gasteiger partial charge in [0.25, 0.3) is 0 Å². The lowest BCUT2D eigenvalue weighted by Gasteiger charge is -2.31. The highest BCUT2D eigenvalue weighted by Crippen LogP contribution is 2.38. The van der Waals surface area contributed by atoms with E-state index in [2.05, 4.69) is 15.6 Å². The van der Waals surface area contributed by atoms with Gasteiger partial charge < -0.3 is 21.3 Å². The normalized spacial score (nSPS) is 16.9. The second-order valence-electron chi connectivity index (χ2n) is 7.92. The molecule has 1 aromatic rings. The molecule has 1 aliphatic rings. The number of hydrogen-bond acceptors (Lipinski definition) is 3. The Kier molecular flexibility index (Phi) is 7.99. The molecule has 0 saturated heterocycles. The van der Waals surface area contributed by atoms with Crippen molar-refractivity contribution in [3.63, 3.8) is 0 Å². The molecule has 1 fully saturated rings. The molecule has 0 radical (unpaired) electrons. The van der Waals surface area contributed by atoms with Gasteiger partial charge in [-0.25, -0.2) is 4.39 Å². The summed E-state index contributed by atoms with van der Waals surface area (Å²) in [5, 5.41) is 6.37. The van der Waals surface area contributed by atoms with E-state index in [1.807, 2.05) is 0 Å². The molecule has 2 amide bonds. The largest absolute Gasteiger partial charge is 0.369 e. The van der Waals surface area contributed by atoms with Crippen LogP contribution in [-0.4, -0.2) is 56.9 Å². The maximum atomic E-state index is 13.1. The number of primary amides is 1. The van der Waals surface area contributed by atoms with E-state index in [0.717, 1.165) is 31.2 Å². The second kappa shape index (κ2) is 10.2. The number of benzene rings is 1. The lowest BCUT2D eigenvalue weighted by molar-refractivity contribution is -0.138. The van der Waals surface area contributed by atoms with Gasteiger partial charge in [0.2, 0.25) is 11.8 Å². The predicted molar refractivity (Wildman–Crippen MR) is 112 cm³/mol. The van der Waals surface area contributed by atoms with Crippen LogP contribution in [0.1, 0.15) is 31.2 Å². The third-order valence-electron chi connectivity index (χ3n) is 5.55. The lowest BCUT2D eigenvalue weighted by Crippen LogP contribution is -2.50. The van der Waals surface area contributed by atoms with Crippen molar-refractivity contribution in [2.24, 2.45) is 22.1 Å². The molecule has 7 nitrogen and oxygen atoms in total. The van der Waals surface area contributed by atoms with Crippen LogP contribution in [0.3, 0.4) is 0 Å². The van der Waals surface area contributed by atoms with E-state index in [1.165, 1.54) is 12.1 Å². The van der Waals surface area contributed by atoms with Gasteiger partial charge in [0.1, 0.15) is 5.82 Å². The average Bonchev–Trinajstić information content (AvgIpc) is 3.17. The SMILES string of the molecule is CN=C(NCC(Cc1ccc(F)cc1)C(N)=O)NCC1(C(=O)N(C)C)CCCC1. The van der Waals surface area contributed by atoms with Gasteiger partial charge in [-0.1, -0.05) is 25.0 Å². The Balaban J connectivity index is 1.94. The van der Waals surface area contributed by atoms with E-state index in [9.17, 15) is 14.0 Å². The fourth-order valence-corrected chi connectivity index (χ4v) is 3.86. The van der Waals surface area contributed by atoms with Crippen molar-refractivity contribution >= 4 is 17.8 Å². The Morgan fingerprint density at radius 1 is 1.21 bits per heavy atom. The number of amides is 2. The molecule has 1 aromatic carbocycles. The summed E-state index contributed by atoms with van der Waals surface area (Å²) >= 11 is 0. The molecule has 4 N–H and O–H groups in total. The van der Waals surface area contributed by atoms with Gasteiger partial charge in [-0.2, -0.15) is 0 Å². The van der Waals surface area contributed by atoms with Crippen LogP contribution in [-0.2, 0) is 16.0 Å². The van der Waals surface area contributed by atoms with Crippen LogP contribution in [0, 0.1) is 17.2 Å². The highest BCUT2D eigenvalue weighted by atomic mass is 19.1. The minimum atomic E-state index is -0.470. The van der Waals surface area contributed by atoms with Crippen molar-refractivity contribution in [3.8, 4) is 0 Å². The van der Waals surface area contributed by atoms with E-state index >= 15 is 0 Å². The van der Waals surface area contributed by atoms with E-state index in [4.69, 9.17) is 5.73 Å². The summed E-state index contributed by atoms with van der Waals surface area (Å²) in [6.07, 6.45) is 4.18. The van der Waals surface area contributed by atoms with Gasteiger partial charge in [0.15, 0.2) is 5.96 Å². The monoisotopic (exact) mass is 405 g/mol. The molecule has 1 saturated carbocycles. The molecule has 0 bridgehead atoms. The smallest absolute Gasteiger partial charge is 0.230 e. The van der Waals surface area contributed by atoms with Crippen LogP contribution in [0.5, 0.6) is 0 Å². The Labute approximate surface area is 171 Å². The highest BCUT2D eigenvalue weighted by molar-refractivity contribution is 5.85. The number of rotatable bonds is 8. The molecule has 29 heavy (non-hydrogen) atoms. The van der Waals surface area contributed by atoms with E-state index < -0.39 is 17.2 Å². The molecule has 8 heteroatoms. The summed E-state index contributed by atoms with van der Waals surface area (Å²) in [5.74, 6) is -0.576. The Bertz CT molecular complexity index is 727. The number of halogens is 1. The summed E-state index contributed by atoms with van der Waals surface area (Å²) in [4.78, 5) is 30.4. The van der Waals surface area contributed by atoms with Gasteiger partial charge in [0.05, 0.1) is 11.3 Å². The summed E-state index contributed by atoms with van der Waals surface area (Å²) in [7, 11) is 5.20. The fraction of sp³-hybridized carbons (Fsp3) is 0.571. The highest BCUT2D eigenvalue weighted by Gasteiger charge is 2.42. The average molecular weight is 406 g/mol. The number of carbonyl (C=O) groups is 2. The van der Waals surface area contributed by atoms with Gasteiger partial charge >= 0.3 is 0 Å². The topological polar surface area (TPSA) is 99.8 Å². The van der Waals surface area contributed by atoms with Crippen LogP contribution in [0.15, 0.2) is 29.3 Å². The van der Waals surface area contributed by atoms with Gasteiger partial charge in [-0.3, -0.25) is 14.6 Å². The first-order chi connectivity index (χ1) is 13.8. The third-order valence-corrected chi connectivity index (χ3v) is 5.55. The maximum absolute atomic E-state index is 13.1. The summed E-state index contributed by atoms with van der Waals surface area (Å²) in [6, 6.07) is 6.03. The van der Waals surface area contributed by atoms with E-state index in [1.54, 1.807) is 38.2 Å². The van der Waals surface area contributed by atoms with Gasteiger partial charge in [-0.05, 0) is 37.0 Å². The zero-order valence-electron chi connectivity index (χ0n) is 17.5. The van der Waals surface area contributed by atoms with Crippen LogP contribution in [0.2, 0.25) is 0 Å². The first kappa shape index (κ1) is 22.6. The van der Waals surface area contributed by atoms with Crippen LogP contribution < -0.4 is 16.4 Å². The molecule has 0 aliphatic heterocycles. The molecule has 0 heterocycles. The minimum absolute atomic E-state index is 0.129. The summed E-state index contributed by atoms with van der Waals surface area (Å²) in [5.41, 5.74) is 5.96. The Morgan fingerprint density at radius 3 is 2.34 bits per heavy atom. The first-order valence-corrected chi connectivity index (χ1v) is 9.97. The van der Waals surface area contributed by atoms with Crippen molar-refractivity contribution in [3.05, 3.63) is 35.6 Å². The third kappa shape index (κ3) is 6.17. The molecule has 1 atom stereocenters. The summed E-state index contributed by atoms with van der Waals surface area (Å²) in [6.45, 7) is 0.782. The lowest BCUT2D eigenvalue weighted by atomic mass is 9.84. The van der Waals surface area contributed by atoms with Crippen molar-refractivity contribution < 1.29 is 14.0 Å². The number of carbonyl (C=O) groups excluding carboxylic acids is 2. The molecule has 160 valence electrons. The number of nitrogens with one attached hydrogen (secondary N) is 2. The Hall–Kier alpha value is -2.64. The number of aliphatic imine (C=N–C) groups is 1. The molecular formula is C21H32FN5O2. The molecule has 1 aliphatic carbocycles. The number of guanidine groups is 1. The van der Waals surface area contributed by atoms with Crippen LogP contribution >= 0.6 is 0 Å². The molecule has 0 spiro atoms. The van der Waals surface area contributed by atoms with Crippen molar-refractivity contribution in [2.75, 3.05) is 34.2 Å². The predicted octanol–water partition coefficient (Wildman–Crippen LogP) is 1.28. The van der Waals surface area contributed by atoms with Gasteiger partial charge in [-0.15, -0.1) is 0 Å². The van der Waals surface area contributed by atoms with Crippen molar-refractivity contribution in [1.82, 2.24) is 15.5 Å². The standard InChI is InChI=1S/C21H32FN5O2/c1-24-20(26-14-21(10-4-5-11-21)19(29)27(2)3)25-13-16(18(23)28)12-15-6-8-17(22)9-7-15/h6-9,16H,4-5,10-14H2,1-3H3,(H2,23,28)(H2,24,25,26). The number of hydrogen-bond donors (Lipinski definition) is 3. The van der Waals surface area contributed by atoms with Crippen LogP contribution in [0.25, 0.3) is 0 Å². The number of nitrogens with two attached hydrogens (primary N) is 1. The number of nitrogens with zero attached hydrogens (tertiary/aromatic N) is 2. The zero-order chi connectivity index (χ0) is 21.4. The molecular weight excluding hydrogens is 373 g/mol. The minimum Gasteiger partial charge on any atom is -0.369 e. The van der Waals surface area contributed by atoms with Crippen molar-refractivity contribution in [2.45, 2.75) is 32.1 Å². The fourth-order valence-electron chi connectivity index (χ4n) is 3.86. The van der Waals surface area contributed by atoms with E-state index in [-0.39, 0.29) is 11.7 Å². The first-order valence-electron chi connectivity index (χ1n) is 9.97. The van der Waals surface area contributed by atoms with Crippen molar-refractivity contribution in [1.29, 1.82) is 0 Å². The van der Waals surface area contributed by atoms with Gasteiger partial charge in [0, 0.05) is 34.2 Å². The van der Waals surface area contributed by atoms with E-state index in [0.29, 0.717) is 25.5 Å². The van der Waals surface area contributed by atoms with Crippen LogP contribution in [0.4, 0.5) is 4.39 Å². The molecule has 1 unspecified atom stereocenters. The maximum Gasteiger partial charge on any atom is 0.230 e. The molecule has 0 aromatic heterocycles. The Morgan fingerprint density at radius 2 is 1.83 bits per heavy atom. The summed E-state index contributed by atoms with van der Waals surface area (Å²) < 4.78 is 13.1.